The van der Waals surface area contributed by atoms with Gasteiger partial charge in [0.2, 0.25) is 0 Å². The molecule has 6 rings (SSSR count). The van der Waals surface area contributed by atoms with Gasteiger partial charge in [-0.3, -0.25) is 15.0 Å². The molecule has 34 heavy (non-hydrogen) atoms. The van der Waals surface area contributed by atoms with Crippen LogP contribution in [0.25, 0.3) is 28.0 Å². The van der Waals surface area contributed by atoms with E-state index >= 15 is 0 Å². The van der Waals surface area contributed by atoms with E-state index in [1.165, 1.54) is 17.2 Å². The van der Waals surface area contributed by atoms with E-state index in [4.69, 9.17) is 11.6 Å². The van der Waals surface area contributed by atoms with Crippen LogP contribution in [0.3, 0.4) is 0 Å². The summed E-state index contributed by atoms with van der Waals surface area (Å²) in [5, 5.41) is 8.07. The van der Waals surface area contributed by atoms with Crippen LogP contribution in [0.15, 0.2) is 79.1 Å². The third-order valence-corrected chi connectivity index (χ3v) is 7.32. The molecule has 0 radical (unpaired) electrons. The van der Waals surface area contributed by atoms with Crippen molar-refractivity contribution in [3.05, 3.63) is 101 Å². The highest BCUT2D eigenvalue weighted by atomic mass is 35.5. The lowest BCUT2D eigenvalue weighted by atomic mass is 9.91. The van der Waals surface area contributed by atoms with Gasteiger partial charge in [-0.2, -0.15) is 5.10 Å². The number of rotatable bonds is 4. The average molecular weight is 471 g/mol. The van der Waals surface area contributed by atoms with Crippen molar-refractivity contribution in [1.82, 2.24) is 20.1 Å². The first kappa shape index (κ1) is 21.3. The molecule has 4 heterocycles. The minimum atomic E-state index is -0.434. The number of benzene rings is 2. The first-order valence-electron chi connectivity index (χ1n) is 11.6. The number of H-pyrrole nitrogens is 1. The van der Waals surface area contributed by atoms with E-state index in [1.807, 2.05) is 12.1 Å². The first-order valence-corrected chi connectivity index (χ1v) is 12.0. The van der Waals surface area contributed by atoms with Crippen molar-refractivity contribution in [3.8, 4) is 22.4 Å². The Morgan fingerprint density at radius 1 is 1.00 bits per heavy atom. The molecule has 4 aromatic rings. The normalized spacial score (nSPS) is 20.2. The number of nitrogens with zero attached hydrogens (tertiary/aromatic N) is 3. The number of hydrogen-bond acceptors (Lipinski definition) is 3. The van der Waals surface area contributed by atoms with Gasteiger partial charge in [0.1, 0.15) is 11.5 Å². The van der Waals surface area contributed by atoms with Gasteiger partial charge in [0, 0.05) is 42.7 Å². The lowest BCUT2D eigenvalue weighted by Crippen LogP contribution is -2.32. The minimum Gasteiger partial charge on any atom is -0.296 e. The van der Waals surface area contributed by atoms with Gasteiger partial charge in [-0.15, -0.1) is 0 Å². The molecule has 0 bridgehead atoms. The fraction of sp³-hybridized carbons (Fsp3) is 0.214. The van der Waals surface area contributed by atoms with Gasteiger partial charge in [-0.05, 0) is 65.8 Å². The molecule has 2 atom stereocenters. The monoisotopic (exact) mass is 470 g/mol. The minimum absolute atomic E-state index is 0.0909. The Bertz CT molecular complexity index is 1350. The Morgan fingerprint density at radius 3 is 2.62 bits per heavy atom. The molecule has 170 valence electrons. The van der Waals surface area contributed by atoms with Crippen molar-refractivity contribution in [1.29, 1.82) is 0 Å². The van der Waals surface area contributed by atoms with Crippen molar-refractivity contribution < 1.29 is 4.39 Å². The van der Waals surface area contributed by atoms with Crippen LogP contribution in [0.4, 0.5) is 4.39 Å². The second-order valence-electron chi connectivity index (χ2n) is 9.03. The molecular formula is C28H24ClFN4. The van der Waals surface area contributed by atoms with Crippen LogP contribution in [-0.4, -0.2) is 39.2 Å². The number of aromatic nitrogens is 3. The van der Waals surface area contributed by atoms with E-state index in [9.17, 15) is 4.39 Å². The van der Waals surface area contributed by atoms with E-state index in [0.29, 0.717) is 12.0 Å². The highest BCUT2D eigenvalue weighted by molar-refractivity contribution is 6.31. The summed E-state index contributed by atoms with van der Waals surface area (Å²) in [6, 6.07) is 20.0. The lowest BCUT2D eigenvalue weighted by molar-refractivity contribution is 0.285. The molecule has 1 fully saturated rings. The van der Waals surface area contributed by atoms with Gasteiger partial charge in [0.25, 0.3) is 0 Å². The molecule has 2 aromatic heterocycles. The van der Waals surface area contributed by atoms with E-state index in [-0.39, 0.29) is 5.02 Å². The maximum Gasteiger partial charge on any atom is 0.141 e. The van der Waals surface area contributed by atoms with E-state index in [1.54, 1.807) is 24.5 Å². The van der Waals surface area contributed by atoms with E-state index in [0.717, 1.165) is 54.0 Å². The molecule has 0 unspecified atom stereocenters. The van der Waals surface area contributed by atoms with Crippen LogP contribution in [0.5, 0.6) is 0 Å². The summed E-state index contributed by atoms with van der Waals surface area (Å²) in [5.74, 6) is 0.121. The van der Waals surface area contributed by atoms with Crippen LogP contribution in [0, 0.1) is 5.82 Å². The first-order chi connectivity index (χ1) is 16.7. The van der Waals surface area contributed by atoms with Crippen molar-refractivity contribution in [2.45, 2.75) is 24.8 Å². The lowest BCUT2D eigenvalue weighted by Gasteiger charge is -2.28. The molecule has 0 spiro atoms. The number of fused-ring (bicyclic) bond motifs is 1. The maximum atomic E-state index is 13.8. The summed E-state index contributed by atoms with van der Waals surface area (Å²) in [4.78, 5) is 6.77. The smallest absolute Gasteiger partial charge is 0.141 e. The average Bonchev–Trinajstić information content (AvgIpc) is 3.51. The molecule has 1 N–H and O–H groups in total. The third-order valence-electron chi connectivity index (χ3n) is 7.03. The van der Waals surface area contributed by atoms with Gasteiger partial charge in [-0.1, -0.05) is 48.0 Å². The van der Waals surface area contributed by atoms with E-state index < -0.39 is 5.82 Å². The van der Waals surface area contributed by atoms with Crippen LogP contribution in [-0.2, 0) is 0 Å². The molecule has 0 aliphatic carbocycles. The number of nitrogens with one attached hydrogen (secondary N) is 1. The molecule has 0 amide bonds. The highest BCUT2D eigenvalue weighted by Gasteiger charge is 2.35. The molecule has 4 nitrogen and oxygen atoms in total. The van der Waals surface area contributed by atoms with Crippen molar-refractivity contribution >= 4 is 17.2 Å². The third kappa shape index (κ3) is 3.85. The Kier molecular flexibility index (Phi) is 5.52. The number of hydrogen-bond donors (Lipinski definition) is 1. The molecule has 0 saturated carbocycles. The van der Waals surface area contributed by atoms with Crippen molar-refractivity contribution in [3.63, 3.8) is 0 Å². The van der Waals surface area contributed by atoms with Crippen LogP contribution < -0.4 is 0 Å². The quantitative estimate of drug-likeness (QED) is 0.366. The summed E-state index contributed by atoms with van der Waals surface area (Å²) in [5.41, 5.74) is 7.27. The zero-order chi connectivity index (χ0) is 23.1. The van der Waals surface area contributed by atoms with Crippen LogP contribution in [0.2, 0.25) is 5.02 Å². The zero-order valence-corrected chi connectivity index (χ0v) is 19.3. The number of pyridine rings is 1. The van der Waals surface area contributed by atoms with Gasteiger partial charge in [0.15, 0.2) is 0 Å². The second-order valence-corrected chi connectivity index (χ2v) is 9.44. The Labute approximate surface area is 203 Å². The largest absolute Gasteiger partial charge is 0.296 e. The predicted octanol–water partition coefficient (Wildman–Crippen LogP) is 6.58. The van der Waals surface area contributed by atoms with E-state index in [2.05, 4.69) is 56.5 Å². The predicted molar refractivity (Wildman–Crippen MR) is 134 cm³/mol. The molecule has 2 aromatic carbocycles. The van der Waals surface area contributed by atoms with Gasteiger partial charge in [-0.25, -0.2) is 4.39 Å². The Morgan fingerprint density at radius 2 is 1.82 bits per heavy atom. The summed E-state index contributed by atoms with van der Waals surface area (Å²) < 4.78 is 13.8. The molecular weight excluding hydrogens is 447 g/mol. The van der Waals surface area contributed by atoms with Crippen LogP contribution in [0.1, 0.15) is 30.0 Å². The molecule has 2 aliphatic rings. The summed E-state index contributed by atoms with van der Waals surface area (Å²) >= 11 is 6.10. The Balaban J connectivity index is 1.39. The number of aromatic amines is 1. The fourth-order valence-electron chi connectivity index (χ4n) is 5.35. The summed E-state index contributed by atoms with van der Waals surface area (Å²) in [6.07, 6.45) is 8.04. The highest BCUT2D eigenvalue weighted by Crippen LogP contribution is 2.42. The second kappa shape index (κ2) is 8.82. The topological polar surface area (TPSA) is 44.8 Å². The van der Waals surface area contributed by atoms with Gasteiger partial charge < -0.3 is 0 Å². The van der Waals surface area contributed by atoms with Gasteiger partial charge >= 0.3 is 0 Å². The SMILES string of the molecule is Fc1ccc(-c2n[nH]c(C3=C[C@@H]4C[C@@H](c5ccccc5)CN4CC3)c2-c2ccncc2)cc1Cl. The molecule has 6 heteroatoms. The maximum absolute atomic E-state index is 13.8. The van der Waals surface area contributed by atoms with Crippen molar-refractivity contribution in [2.75, 3.05) is 13.1 Å². The standard InChI is InChI=1S/C28H24ClFN4/c29-24-16-20(6-7-25(24)30)27-26(19-8-11-31-12-9-19)28(33-32-27)21-10-13-34-17-22(15-23(34)14-21)18-4-2-1-3-5-18/h1-9,11-12,14,16,22-23H,10,13,15,17H2,(H,32,33)/t22-,23-/m1/s1. The summed E-state index contributed by atoms with van der Waals surface area (Å²) in [7, 11) is 0. The van der Waals surface area contributed by atoms with Crippen LogP contribution >= 0.6 is 11.6 Å². The molecule has 1 saturated heterocycles. The number of halogens is 2. The summed E-state index contributed by atoms with van der Waals surface area (Å²) in [6.45, 7) is 2.12. The molecule has 2 aliphatic heterocycles. The fourth-order valence-corrected chi connectivity index (χ4v) is 5.53. The zero-order valence-electron chi connectivity index (χ0n) is 18.6. The van der Waals surface area contributed by atoms with Crippen molar-refractivity contribution in [2.24, 2.45) is 0 Å². The van der Waals surface area contributed by atoms with Gasteiger partial charge in [0.05, 0.1) is 10.7 Å². The Hall–Kier alpha value is -3.28.